The van der Waals surface area contributed by atoms with Crippen molar-refractivity contribution in [2.24, 2.45) is 0 Å². The van der Waals surface area contributed by atoms with Crippen LogP contribution in [-0.4, -0.2) is 20.6 Å². The summed E-state index contributed by atoms with van der Waals surface area (Å²) in [4.78, 5) is 31.0. The first-order chi connectivity index (χ1) is 15.5. The van der Waals surface area contributed by atoms with E-state index in [0.29, 0.717) is 21.6 Å². The zero-order valence-electron chi connectivity index (χ0n) is 17.9. The molecule has 4 rings (SSSR count). The van der Waals surface area contributed by atoms with Crippen LogP contribution in [0.25, 0.3) is 10.9 Å². The zero-order valence-corrected chi connectivity index (χ0v) is 18.7. The fourth-order valence-electron chi connectivity index (χ4n) is 3.50. The van der Waals surface area contributed by atoms with E-state index in [1.54, 1.807) is 34.9 Å². The first-order valence-electron chi connectivity index (χ1n) is 10.5. The highest BCUT2D eigenvalue weighted by atomic mass is 32.2. The molecule has 0 saturated carbocycles. The number of para-hydroxylation sites is 1. The third-order valence-electron chi connectivity index (χ3n) is 5.38. The molecule has 0 radical (unpaired) electrons. The molecule has 0 saturated heterocycles. The number of aromatic nitrogens is 2. The third-order valence-corrected chi connectivity index (χ3v) is 6.47. The highest BCUT2D eigenvalue weighted by molar-refractivity contribution is 8.00. The Bertz CT molecular complexity index is 1310. The summed E-state index contributed by atoms with van der Waals surface area (Å²) in [5, 5.41) is 0.534. The molecule has 0 bridgehead atoms. The Labute approximate surface area is 190 Å². The number of thioether (sulfide) groups is 1. The summed E-state index contributed by atoms with van der Waals surface area (Å²) in [6.07, 6.45) is 0.912. The van der Waals surface area contributed by atoms with Crippen LogP contribution in [0.3, 0.4) is 0 Å². The minimum atomic E-state index is -0.435. The lowest BCUT2D eigenvalue weighted by Gasteiger charge is -2.16. The average Bonchev–Trinajstić information content (AvgIpc) is 2.82. The summed E-state index contributed by atoms with van der Waals surface area (Å²) in [6, 6.07) is 20.8. The highest BCUT2D eigenvalue weighted by Crippen LogP contribution is 2.26. The van der Waals surface area contributed by atoms with Crippen molar-refractivity contribution < 1.29 is 9.18 Å². The Morgan fingerprint density at radius 3 is 2.34 bits per heavy atom. The van der Waals surface area contributed by atoms with E-state index in [2.05, 4.69) is 6.92 Å². The van der Waals surface area contributed by atoms with Crippen LogP contribution in [0.5, 0.6) is 0 Å². The maximum Gasteiger partial charge on any atom is 0.262 e. The van der Waals surface area contributed by atoms with Crippen molar-refractivity contribution in [2.45, 2.75) is 37.2 Å². The van der Waals surface area contributed by atoms with Gasteiger partial charge in [-0.25, -0.2) is 9.37 Å². The molecular formula is C26H23FN2O2S. The molecule has 0 amide bonds. The minimum absolute atomic E-state index is 0.0200. The standard InChI is InChI=1S/C26H23FN2O2S/c1-3-18-8-12-20(13-9-18)24(30)17(2)32-26-28-23-7-5-4-6-22(23)25(31)29(26)16-19-10-14-21(27)15-11-19/h4-15,17H,3,16H2,1-2H3. The van der Waals surface area contributed by atoms with Crippen LogP contribution in [0.4, 0.5) is 4.39 Å². The fraction of sp³-hybridized carbons (Fsp3) is 0.192. The van der Waals surface area contributed by atoms with Crippen LogP contribution in [0.1, 0.15) is 35.3 Å². The first-order valence-corrected chi connectivity index (χ1v) is 11.4. The topological polar surface area (TPSA) is 52.0 Å². The second-order valence-corrected chi connectivity index (χ2v) is 8.91. The van der Waals surface area contributed by atoms with E-state index in [1.165, 1.54) is 29.5 Å². The molecule has 0 aliphatic heterocycles. The SMILES string of the molecule is CCc1ccc(C(=O)C(C)Sc2nc3ccccc3c(=O)n2Cc2ccc(F)cc2)cc1. The molecule has 6 heteroatoms. The van der Waals surface area contributed by atoms with Crippen molar-refractivity contribution >= 4 is 28.4 Å². The van der Waals surface area contributed by atoms with Crippen LogP contribution in [0.15, 0.2) is 82.7 Å². The van der Waals surface area contributed by atoms with Gasteiger partial charge in [-0.15, -0.1) is 0 Å². The second-order valence-electron chi connectivity index (χ2n) is 7.60. The molecule has 4 aromatic rings. The van der Waals surface area contributed by atoms with Gasteiger partial charge >= 0.3 is 0 Å². The number of fused-ring (bicyclic) bond motifs is 1. The lowest BCUT2D eigenvalue weighted by Crippen LogP contribution is -2.25. The van der Waals surface area contributed by atoms with Gasteiger partial charge in [-0.2, -0.15) is 0 Å². The van der Waals surface area contributed by atoms with Crippen LogP contribution >= 0.6 is 11.8 Å². The van der Waals surface area contributed by atoms with Crippen molar-refractivity contribution in [1.29, 1.82) is 0 Å². The van der Waals surface area contributed by atoms with Gasteiger partial charge in [-0.1, -0.05) is 67.2 Å². The second kappa shape index (κ2) is 9.49. The summed E-state index contributed by atoms with van der Waals surface area (Å²) in [6.45, 7) is 4.14. The fourth-order valence-corrected chi connectivity index (χ4v) is 4.49. The normalized spacial score (nSPS) is 12.1. The Balaban J connectivity index is 1.70. The van der Waals surface area contributed by atoms with Gasteiger partial charge < -0.3 is 0 Å². The van der Waals surface area contributed by atoms with Gasteiger partial charge in [0.25, 0.3) is 5.56 Å². The quantitative estimate of drug-likeness (QED) is 0.213. The molecule has 0 N–H and O–H groups in total. The molecule has 32 heavy (non-hydrogen) atoms. The van der Waals surface area contributed by atoms with Crippen LogP contribution in [0, 0.1) is 5.82 Å². The summed E-state index contributed by atoms with van der Waals surface area (Å²) in [7, 11) is 0. The Kier molecular flexibility index (Phi) is 6.51. The molecule has 0 aliphatic carbocycles. The Morgan fingerprint density at radius 1 is 1.00 bits per heavy atom. The number of hydrogen-bond donors (Lipinski definition) is 0. The maximum absolute atomic E-state index is 13.3. The van der Waals surface area contributed by atoms with E-state index in [4.69, 9.17) is 4.98 Å². The number of nitrogens with zero attached hydrogens (tertiary/aromatic N) is 2. The largest absolute Gasteiger partial charge is 0.293 e. The number of benzene rings is 3. The number of halogens is 1. The molecule has 0 fully saturated rings. The van der Waals surface area contributed by atoms with Gasteiger partial charge in [0.1, 0.15) is 5.82 Å². The number of hydrogen-bond acceptors (Lipinski definition) is 4. The summed E-state index contributed by atoms with van der Waals surface area (Å²) >= 11 is 1.26. The number of ketones is 1. The van der Waals surface area contributed by atoms with Crippen molar-refractivity contribution in [3.63, 3.8) is 0 Å². The predicted molar refractivity (Wildman–Crippen MR) is 127 cm³/mol. The van der Waals surface area contributed by atoms with Gasteiger partial charge in [0.2, 0.25) is 0 Å². The van der Waals surface area contributed by atoms with E-state index < -0.39 is 5.25 Å². The van der Waals surface area contributed by atoms with Gasteiger partial charge in [-0.05, 0) is 48.7 Å². The number of aryl methyl sites for hydroxylation is 1. The number of carbonyl (C=O) groups excluding carboxylic acids is 1. The molecule has 1 aromatic heterocycles. The molecule has 162 valence electrons. The van der Waals surface area contributed by atoms with Crippen molar-refractivity contribution in [3.8, 4) is 0 Å². The maximum atomic E-state index is 13.3. The van der Waals surface area contributed by atoms with Gasteiger partial charge in [0, 0.05) is 5.56 Å². The van der Waals surface area contributed by atoms with Crippen LogP contribution < -0.4 is 5.56 Å². The van der Waals surface area contributed by atoms with E-state index in [1.807, 2.05) is 37.3 Å². The van der Waals surface area contributed by atoms with Crippen molar-refractivity contribution in [2.75, 3.05) is 0 Å². The summed E-state index contributed by atoms with van der Waals surface area (Å²) in [5.41, 5.74) is 2.99. The molecule has 1 unspecified atom stereocenters. The van der Waals surface area contributed by atoms with Crippen molar-refractivity contribution in [1.82, 2.24) is 9.55 Å². The molecule has 1 atom stereocenters. The molecular weight excluding hydrogens is 423 g/mol. The van der Waals surface area contributed by atoms with E-state index in [0.717, 1.165) is 12.0 Å². The summed E-state index contributed by atoms with van der Waals surface area (Å²) in [5.74, 6) is -0.353. The minimum Gasteiger partial charge on any atom is -0.293 e. The van der Waals surface area contributed by atoms with E-state index in [9.17, 15) is 14.0 Å². The molecule has 3 aromatic carbocycles. The predicted octanol–water partition coefficient (Wildman–Crippen LogP) is 5.51. The van der Waals surface area contributed by atoms with Gasteiger partial charge in [-0.3, -0.25) is 14.2 Å². The zero-order chi connectivity index (χ0) is 22.7. The monoisotopic (exact) mass is 446 g/mol. The molecule has 1 heterocycles. The smallest absolute Gasteiger partial charge is 0.262 e. The first kappa shape index (κ1) is 22.0. The van der Waals surface area contributed by atoms with Crippen LogP contribution in [-0.2, 0) is 13.0 Å². The molecule has 0 aliphatic rings. The Morgan fingerprint density at radius 2 is 1.66 bits per heavy atom. The number of carbonyl (C=O) groups is 1. The Hall–Kier alpha value is -3.25. The molecule has 4 nitrogen and oxygen atoms in total. The lowest BCUT2D eigenvalue weighted by molar-refractivity contribution is 0.0994. The van der Waals surface area contributed by atoms with Crippen LogP contribution in [0.2, 0.25) is 0 Å². The highest BCUT2D eigenvalue weighted by Gasteiger charge is 2.21. The van der Waals surface area contributed by atoms with Gasteiger partial charge in [0.05, 0.1) is 22.7 Å². The van der Waals surface area contributed by atoms with Crippen molar-refractivity contribution in [3.05, 3.63) is 106 Å². The molecule has 0 spiro atoms. The number of rotatable bonds is 7. The van der Waals surface area contributed by atoms with E-state index in [-0.39, 0.29) is 23.7 Å². The number of Topliss-reactive ketones (excluding diaryl/α,β-unsaturated/α-hetero) is 1. The summed E-state index contributed by atoms with van der Waals surface area (Å²) < 4.78 is 14.9. The van der Waals surface area contributed by atoms with Gasteiger partial charge in [0.15, 0.2) is 10.9 Å². The average molecular weight is 447 g/mol. The lowest BCUT2D eigenvalue weighted by atomic mass is 10.1. The van der Waals surface area contributed by atoms with E-state index >= 15 is 0 Å². The third kappa shape index (κ3) is 4.65.